The van der Waals surface area contributed by atoms with E-state index in [1.165, 1.54) is 12.1 Å². The molecule has 236 valence electrons. The van der Waals surface area contributed by atoms with E-state index in [1.54, 1.807) is 26.0 Å². The van der Waals surface area contributed by atoms with Crippen molar-refractivity contribution in [3.63, 3.8) is 0 Å². The number of carboxylic acid groups (broad SMARTS) is 1. The number of para-hydroxylation sites is 1. The number of phenolic OH excluding ortho intramolecular Hbond substituents is 1. The van der Waals surface area contributed by atoms with Gasteiger partial charge in [0.2, 0.25) is 17.7 Å². The predicted molar refractivity (Wildman–Crippen MR) is 170 cm³/mol. The molecule has 0 saturated carbocycles. The topological polar surface area (TPSA) is 187 Å². The molecule has 0 radical (unpaired) electrons. The van der Waals surface area contributed by atoms with E-state index in [0.717, 1.165) is 22.0 Å². The minimum atomic E-state index is -1.28. The molecule has 0 bridgehead atoms. The van der Waals surface area contributed by atoms with Crippen LogP contribution in [0.25, 0.3) is 10.9 Å². The SMILES string of the molecule is CC(C)C(NC(=O)C(Cc1ccccc1)NC(=O)C(N)Cc1c[nH]c2ccccc12)C(=O)NC(Cc1ccc(O)cc1)C(=O)O. The van der Waals surface area contributed by atoms with Crippen LogP contribution in [0.1, 0.15) is 30.5 Å². The van der Waals surface area contributed by atoms with Crippen LogP contribution in [0.4, 0.5) is 0 Å². The third-order valence-electron chi connectivity index (χ3n) is 7.60. The number of carbonyl (C=O) groups excluding carboxylic acids is 3. The second-order valence-electron chi connectivity index (χ2n) is 11.4. The Balaban J connectivity index is 1.47. The summed E-state index contributed by atoms with van der Waals surface area (Å²) in [4.78, 5) is 55.5. The Morgan fingerprint density at radius 1 is 0.733 bits per heavy atom. The molecule has 1 aromatic heterocycles. The van der Waals surface area contributed by atoms with E-state index in [2.05, 4.69) is 20.9 Å². The first kappa shape index (κ1) is 32.7. The lowest BCUT2D eigenvalue weighted by atomic mass is 9.99. The predicted octanol–water partition coefficient (Wildman–Crippen LogP) is 2.42. The molecule has 1 heterocycles. The number of rotatable bonds is 14. The van der Waals surface area contributed by atoms with E-state index in [1.807, 2.05) is 60.8 Å². The van der Waals surface area contributed by atoms with Crippen LogP contribution in [0.15, 0.2) is 85.1 Å². The molecule has 0 fully saturated rings. The molecule has 3 aromatic carbocycles. The highest BCUT2D eigenvalue weighted by Gasteiger charge is 2.32. The largest absolute Gasteiger partial charge is 0.508 e. The number of nitrogens with one attached hydrogen (secondary N) is 4. The van der Waals surface area contributed by atoms with Crippen molar-refractivity contribution >= 4 is 34.6 Å². The Bertz CT molecular complexity index is 1620. The number of hydrogen-bond donors (Lipinski definition) is 7. The highest BCUT2D eigenvalue weighted by atomic mass is 16.4. The molecule has 0 aliphatic heterocycles. The minimum absolute atomic E-state index is 0.0267. The fraction of sp³-hybridized carbons (Fsp3) is 0.294. The van der Waals surface area contributed by atoms with Crippen LogP contribution in [0.5, 0.6) is 5.75 Å². The number of carboxylic acids is 1. The highest BCUT2D eigenvalue weighted by Crippen LogP contribution is 2.19. The molecule has 0 aliphatic rings. The van der Waals surface area contributed by atoms with Gasteiger partial charge in [0, 0.05) is 29.9 Å². The number of hydrogen-bond acceptors (Lipinski definition) is 6. The molecule has 0 aliphatic carbocycles. The van der Waals surface area contributed by atoms with Crippen LogP contribution >= 0.6 is 0 Å². The summed E-state index contributed by atoms with van der Waals surface area (Å²) in [7, 11) is 0. The zero-order chi connectivity index (χ0) is 32.5. The summed E-state index contributed by atoms with van der Waals surface area (Å²) < 4.78 is 0. The fourth-order valence-electron chi connectivity index (χ4n) is 5.09. The number of fused-ring (bicyclic) bond motifs is 1. The Kier molecular flexibility index (Phi) is 10.9. The maximum Gasteiger partial charge on any atom is 0.326 e. The van der Waals surface area contributed by atoms with Gasteiger partial charge in [0.15, 0.2) is 0 Å². The molecule has 4 unspecified atom stereocenters. The summed E-state index contributed by atoms with van der Waals surface area (Å²) >= 11 is 0. The first-order chi connectivity index (χ1) is 21.5. The van der Waals surface area contributed by atoms with Gasteiger partial charge >= 0.3 is 5.97 Å². The smallest absolute Gasteiger partial charge is 0.326 e. The first-order valence-electron chi connectivity index (χ1n) is 14.8. The maximum atomic E-state index is 13.7. The molecule has 11 heteroatoms. The Morgan fingerprint density at radius 2 is 1.33 bits per heavy atom. The van der Waals surface area contributed by atoms with Crippen LogP contribution in [-0.2, 0) is 38.4 Å². The molecular weight excluding hydrogens is 574 g/mol. The van der Waals surface area contributed by atoms with Gasteiger partial charge < -0.3 is 36.9 Å². The van der Waals surface area contributed by atoms with Gasteiger partial charge in [-0.15, -0.1) is 0 Å². The number of amides is 3. The van der Waals surface area contributed by atoms with Crippen molar-refractivity contribution < 1.29 is 29.4 Å². The van der Waals surface area contributed by atoms with Gasteiger partial charge in [-0.25, -0.2) is 4.79 Å². The number of H-pyrrole nitrogens is 1. The first-order valence-corrected chi connectivity index (χ1v) is 14.8. The Morgan fingerprint density at radius 3 is 2.00 bits per heavy atom. The van der Waals surface area contributed by atoms with Gasteiger partial charge in [-0.2, -0.15) is 0 Å². The van der Waals surface area contributed by atoms with Crippen LogP contribution in [-0.4, -0.2) is 63.1 Å². The van der Waals surface area contributed by atoms with Crippen molar-refractivity contribution in [2.75, 3.05) is 0 Å². The Hall–Kier alpha value is -5.16. The molecule has 0 saturated heterocycles. The second-order valence-corrected chi connectivity index (χ2v) is 11.4. The van der Waals surface area contributed by atoms with E-state index < -0.39 is 53.8 Å². The van der Waals surface area contributed by atoms with Crippen molar-refractivity contribution in [1.29, 1.82) is 0 Å². The average Bonchev–Trinajstić information content (AvgIpc) is 3.42. The zero-order valence-electron chi connectivity index (χ0n) is 25.2. The third-order valence-corrected chi connectivity index (χ3v) is 7.60. The lowest BCUT2D eigenvalue weighted by molar-refractivity contribution is -0.142. The highest BCUT2D eigenvalue weighted by molar-refractivity contribution is 5.94. The van der Waals surface area contributed by atoms with Crippen LogP contribution in [0.2, 0.25) is 0 Å². The standard InChI is InChI=1S/C34H39N5O6/c1-20(2)30(33(43)38-29(34(44)45)17-22-12-14-24(40)15-13-22)39-32(42)28(16-21-8-4-3-5-9-21)37-31(41)26(35)18-23-19-36-27-11-7-6-10-25(23)27/h3-15,19-20,26,28-30,36,40H,16-18,35H2,1-2H3,(H,37,41)(H,38,43)(H,39,42)(H,44,45). The Labute approximate surface area is 261 Å². The number of aromatic hydroxyl groups is 1. The van der Waals surface area contributed by atoms with Crippen molar-refractivity contribution in [3.05, 3.63) is 102 Å². The molecule has 8 N–H and O–H groups in total. The summed E-state index contributed by atoms with van der Waals surface area (Å²) in [5, 5.41) is 28.3. The number of aliphatic carboxylic acids is 1. The minimum Gasteiger partial charge on any atom is -0.508 e. The lowest BCUT2D eigenvalue weighted by Crippen LogP contribution is -2.59. The van der Waals surface area contributed by atoms with Gasteiger partial charge in [0.1, 0.15) is 23.9 Å². The van der Waals surface area contributed by atoms with Crippen molar-refractivity contribution in [1.82, 2.24) is 20.9 Å². The molecule has 4 atom stereocenters. The number of aromatic nitrogens is 1. The monoisotopic (exact) mass is 613 g/mol. The molecule has 3 amide bonds. The summed E-state index contributed by atoms with van der Waals surface area (Å²) in [6.07, 6.45) is 2.17. The molecule has 45 heavy (non-hydrogen) atoms. The van der Waals surface area contributed by atoms with Crippen molar-refractivity contribution in [3.8, 4) is 5.75 Å². The molecule has 4 aromatic rings. The van der Waals surface area contributed by atoms with E-state index in [0.29, 0.717) is 5.56 Å². The lowest BCUT2D eigenvalue weighted by Gasteiger charge is -2.27. The third kappa shape index (κ3) is 8.93. The number of carbonyl (C=O) groups is 4. The van der Waals surface area contributed by atoms with Crippen LogP contribution in [0, 0.1) is 5.92 Å². The second kappa shape index (κ2) is 15.0. The van der Waals surface area contributed by atoms with Gasteiger partial charge in [-0.1, -0.05) is 74.5 Å². The normalized spacial score (nSPS) is 13.9. The molecule has 4 rings (SSSR count). The average molecular weight is 614 g/mol. The van der Waals surface area contributed by atoms with Gasteiger partial charge in [-0.3, -0.25) is 14.4 Å². The molecule has 11 nitrogen and oxygen atoms in total. The zero-order valence-corrected chi connectivity index (χ0v) is 25.2. The van der Waals surface area contributed by atoms with Crippen LogP contribution < -0.4 is 21.7 Å². The number of benzene rings is 3. The van der Waals surface area contributed by atoms with Gasteiger partial charge in [-0.05, 0) is 47.2 Å². The van der Waals surface area contributed by atoms with Gasteiger partial charge in [0.05, 0.1) is 6.04 Å². The number of phenols is 1. The summed E-state index contributed by atoms with van der Waals surface area (Å²) in [6, 6.07) is 18.4. The molecular formula is C34H39N5O6. The van der Waals surface area contributed by atoms with E-state index in [4.69, 9.17) is 5.73 Å². The van der Waals surface area contributed by atoms with Gasteiger partial charge in [0.25, 0.3) is 0 Å². The summed E-state index contributed by atoms with van der Waals surface area (Å²) in [5.41, 5.74) is 9.48. The number of nitrogens with two attached hydrogens (primary N) is 1. The molecule has 0 spiro atoms. The summed E-state index contributed by atoms with van der Waals surface area (Å²) in [5.74, 6) is -3.43. The van der Waals surface area contributed by atoms with Crippen molar-refractivity contribution in [2.45, 2.75) is 57.3 Å². The van der Waals surface area contributed by atoms with E-state index in [9.17, 15) is 29.4 Å². The van der Waals surface area contributed by atoms with E-state index in [-0.39, 0.29) is 25.0 Å². The number of aromatic amines is 1. The maximum absolute atomic E-state index is 13.7. The van der Waals surface area contributed by atoms with Crippen molar-refractivity contribution in [2.24, 2.45) is 11.7 Å². The van der Waals surface area contributed by atoms with Crippen LogP contribution in [0.3, 0.4) is 0 Å². The summed E-state index contributed by atoms with van der Waals surface area (Å²) in [6.45, 7) is 3.45. The van der Waals surface area contributed by atoms with E-state index >= 15 is 0 Å². The fourth-order valence-corrected chi connectivity index (χ4v) is 5.09. The quantitative estimate of drug-likeness (QED) is 0.114.